The molecule has 0 fully saturated rings. The van der Waals surface area contributed by atoms with Crippen molar-refractivity contribution in [3.8, 4) is 22.3 Å². The number of hydrogen-bond donors (Lipinski definition) is 0. The zero-order valence-corrected chi connectivity index (χ0v) is 30.2. The molecule has 0 atom stereocenters. The van der Waals surface area contributed by atoms with E-state index in [0.29, 0.717) is 0 Å². The molecule has 54 heavy (non-hydrogen) atoms. The number of hydrogen-bond acceptors (Lipinski definition) is 2. The zero-order valence-electron chi connectivity index (χ0n) is 29.4. The van der Waals surface area contributed by atoms with Gasteiger partial charge in [0.2, 0.25) is 0 Å². The van der Waals surface area contributed by atoms with Gasteiger partial charge >= 0.3 is 0 Å². The van der Waals surface area contributed by atoms with Gasteiger partial charge in [-0.2, -0.15) is 0 Å². The van der Waals surface area contributed by atoms with Gasteiger partial charge in [-0.1, -0.05) is 164 Å². The van der Waals surface area contributed by atoms with E-state index in [1.54, 1.807) is 0 Å². The lowest BCUT2D eigenvalue weighted by molar-refractivity contribution is 1.30. The third-order valence-electron chi connectivity index (χ3n) is 11.0. The molecule has 0 spiro atoms. The summed E-state index contributed by atoms with van der Waals surface area (Å²) in [5.74, 6) is 0. The maximum absolute atomic E-state index is 2.43. The highest BCUT2D eigenvalue weighted by Crippen LogP contribution is 2.47. The summed E-state index contributed by atoms with van der Waals surface area (Å²) < 4.78 is 2.68. The van der Waals surface area contributed by atoms with Crippen LogP contribution in [0.4, 0.5) is 17.1 Å². The summed E-state index contributed by atoms with van der Waals surface area (Å²) >= 11 is 1.89. The molecule has 0 bridgehead atoms. The molecule has 11 aromatic rings. The van der Waals surface area contributed by atoms with Crippen molar-refractivity contribution in [3.05, 3.63) is 200 Å². The Balaban J connectivity index is 1.12. The van der Waals surface area contributed by atoms with Crippen LogP contribution in [-0.4, -0.2) is 0 Å². The van der Waals surface area contributed by atoms with Crippen LogP contribution >= 0.6 is 11.3 Å². The SMILES string of the molecule is c1ccc(-c2c(-c3ccc(N(c4ccc5c(ccc6c7ccccc7sc56)c4)c4cccc5ccccc45)cc3)c3ccccc3c3ccccc23)cc1. The molecule has 10 aromatic carbocycles. The van der Waals surface area contributed by atoms with Crippen molar-refractivity contribution in [2.75, 3.05) is 4.90 Å². The van der Waals surface area contributed by atoms with Crippen molar-refractivity contribution < 1.29 is 0 Å². The standard InChI is InChI=1S/C52H33NS/c1-2-14-35(15-3-1)50-45-21-8-6-18-42(45)43-19-7-9-22-46(43)51(50)36-25-28-38(29-26-36)53(48-23-12-16-34-13-4-5-17-40(34)48)39-30-32-41-37(33-39)27-31-47-44-20-10-11-24-49(44)54-52(41)47/h1-33H. The summed E-state index contributed by atoms with van der Waals surface area (Å²) in [7, 11) is 0. The molecule has 0 saturated carbocycles. The molecule has 0 saturated heterocycles. The van der Waals surface area contributed by atoms with E-state index < -0.39 is 0 Å². The molecule has 0 aliphatic rings. The summed E-state index contributed by atoms with van der Waals surface area (Å²) in [5, 5.41) is 12.7. The van der Waals surface area contributed by atoms with Crippen molar-refractivity contribution in [2.45, 2.75) is 0 Å². The average molecular weight is 704 g/mol. The van der Waals surface area contributed by atoms with E-state index in [1.165, 1.54) is 85.5 Å². The van der Waals surface area contributed by atoms with Crippen LogP contribution in [0.15, 0.2) is 200 Å². The highest BCUT2D eigenvalue weighted by Gasteiger charge is 2.20. The van der Waals surface area contributed by atoms with Crippen LogP contribution in [0, 0.1) is 0 Å². The van der Waals surface area contributed by atoms with Crippen LogP contribution in [0.1, 0.15) is 0 Å². The van der Waals surface area contributed by atoms with Crippen molar-refractivity contribution in [1.29, 1.82) is 0 Å². The summed E-state index contributed by atoms with van der Waals surface area (Å²) in [4.78, 5) is 2.43. The number of rotatable bonds is 5. The Morgan fingerprint density at radius 3 is 1.61 bits per heavy atom. The second-order valence-electron chi connectivity index (χ2n) is 14.0. The van der Waals surface area contributed by atoms with E-state index in [9.17, 15) is 0 Å². The van der Waals surface area contributed by atoms with Crippen molar-refractivity contribution >= 4 is 91.7 Å². The first-order valence-corrected chi connectivity index (χ1v) is 19.3. The predicted octanol–water partition coefficient (Wildman–Crippen LogP) is 15.5. The number of nitrogens with zero attached hydrogens (tertiary/aromatic N) is 1. The van der Waals surface area contributed by atoms with Crippen LogP contribution < -0.4 is 4.90 Å². The van der Waals surface area contributed by atoms with E-state index in [4.69, 9.17) is 0 Å². The normalized spacial score (nSPS) is 11.7. The molecular weight excluding hydrogens is 671 g/mol. The van der Waals surface area contributed by atoms with Gasteiger partial charge in [-0.05, 0) is 96.4 Å². The molecule has 0 radical (unpaired) electrons. The van der Waals surface area contributed by atoms with Gasteiger partial charge in [0.15, 0.2) is 0 Å². The fourth-order valence-corrected chi connectivity index (χ4v) is 9.83. The van der Waals surface area contributed by atoms with E-state index in [0.717, 1.165) is 17.1 Å². The second-order valence-corrected chi connectivity index (χ2v) is 15.1. The predicted molar refractivity (Wildman–Crippen MR) is 235 cm³/mol. The van der Waals surface area contributed by atoms with Crippen molar-refractivity contribution in [3.63, 3.8) is 0 Å². The minimum absolute atomic E-state index is 1.11. The molecule has 252 valence electrons. The van der Waals surface area contributed by atoms with Gasteiger partial charge < -0.3 is 4.90 Å². The number of benzene rings is 10. The fraction of sp³-hybridized carbons (Fsp3) is 0. The number of fused-ring (bicyclic) bond motifs is 9. The Labute approximate surface area is 317 Å². The van der Waals surface area contributed by atoms with Gasteiger partial charge in [0.25, 0.3) is 0 Å². The van der Waals surface area contributed by atoms with Crippen molar-refractivity contribution in [1.82, 2.24) is 0 Å². The van der Waals surface area contributed by atoms with Crippen LogP contribution in [0.2, 0.25) is 0 Å². The molecule has 2 heteroatoms. The third kappa shape index (κ3) is 4.85. The van der Waals surface area contributed by atoms with E-state index in [2.05, 4.69) is 205 Å². The molecule has 0 amide bonds. The third-order valence-corrected chi connectivity index (χ3v) is 12.2. The molecule has 0 aliphatic heterocycles. The molecular formula is C52H33NS. The second kappa shape index (κ2) is 12.4. The molecule has 0 N–H and O–H groups in total. The first kappa shape index (κ1) is 30.8. The summed E-state index contributed by atoms with van der Waals surface area (Å²) in [6, 6.07) is 73.5. The first-order valence-electron chi connectivity index (χ1n) is 18.5. The molecule has 1 aromatic heterocycles. The Morgan fingerprint density at radius 2 is 0.870 bits per heavy atom. The minimum Gasteiger partial charge on any atom is -0.310 e. The maximum atomic E-state index is 2.43. The Morgan fingerprint density at radius 1 is 0.315 bits per heavy atom. The van der Waals surface area contributed by atoms with Crippen LogP contribution in [0.3, 0.4) is 0 Å². The van der Waals surface area contributed by atoms with Crippen molar-refractivity contribution in [2.24, 2.45) is 0 Å². The Bertz CT molecular complexity index is 3210. The quantitative estimate of drug-likeness (QED) is 0.161. The molecule has 0 unspecified atom stereocenters. The number of thiophene rings is 1. The maximum Gasteiger partial charge on any atom is 0.0540 e. The lowest BCUT2D eigenvalue weighted by Crippen LogP contribution is -2.10. The highest BCUT2D eigenvalue weighted by molar-refractivity contribution is 7.26. The van der Waals surface area contributed by atoms with Gasteiger partial charge in [0.1, 0.15) is 0 Å². The first-order chi connectivity index (χ1) is 26.8. The minimum atomic E-state index is 1.11. The van der Waals surface area contributed by atoms with Gasteiger partial charge in [-0.25, -0.2) is 0 Å². The Kier molecular flexibility index (Phi) is 7.11. The fourth-order valence-electron chi connectivity index (χ4n) is 8.59. The lowest BCUT2D eigenvalue weighted by Gasteiger charge is -2.27. The van der Waals surface area contributed by atoms with Crippen LogP contribution in [0.5, 0.6) is 0 Å². The van der Waals surface area contributed by atoms with Crippen LogP contribution in [-0.2, 0) is 0 Å². The molecule has 1 heterocycles. The lowest BCUT2D eigenvalue weighted by atomic mass is 9.85. The monoisotopic (exact) mass is 703 g/mol. The number of anilines is 3. The summed E-state index contributed by atoms with van der Waals surface area (Å²) in [6.45, 7) is 0. The topological polar surface area (TPSA) is 3.24 Å². The van der Waals surface area contributed by atoms with Gasteiger partial charge in [-0.3, -0.25) is 0 Å². The summed E-state index contributed by atoms with van der Waals surface area (Å²) in [5.41, 5.74) is 8.35. The summed E-state index contributed by atoms with van der Waals surface area (Å²) in [6.07, 6.45) is 0. The van der Waals surface area contributed by atoms with E-state index in [-0.39, 0.29) is 0 Å². The average Bonchev–Trinajstić information content (AvgIpc) is 3.63. The molecule has 1 nitrogen and oxygen atoms in total. The van der Waals surface area contributed by atoms with Gasteiger partial charge in [-0.15, -0.1) is 11.3 Å². The highest BCUT2D eigenvalue weighted by atomic mass is 32.1. The van der Waals surface area contributed by atoms with Crippen LogP contribution in [0.25, 0.3) is 85.5 Å². The largest absolute Gasteiger partial charge is 0.310 e. The zero-order chi connectivity index (χ0) is 35.6. The molecule has 0 aliphatic carbocycles. The van der Waals surface area contributed by atoms with E-state index in [1.807, 2.05) is 11.3 Å². The van der Waals surface area contributed by atoms with Gasteiger partial charge in [0, 0.05) is 36.9 Å². The smallest absolute Gasteiger partial charge is 0.0540 e. The van der Waals surface area contributed by atoms with Gasteiger partial charge in [0.05, 0.1) is 5.69 Å². The molecule has 11 rings (SSSR count). The Hall–Kier alpha value is -6.74. The van der Waals surface area contributed by atoms with E-state index >= 15 is 0 Å².